The average Bonchev–Trinajstić information content (AvgIpc) is 2.17. The molecule has 0 saturated heterocycles. The Morgan fingerprint density at radius 2 is 2.21 bits per heavy atom. The molecule has 1 N–H and O–H groups in total. The van der Waals surface area contributed by atoms with E-state index in [1.54, 1.807) is 0 Å². The molecule has 0 aromatic heterocycles. The Kier molecular flexibility index (Phi) is 2.36. The van der Waals surface area contributed by atoms with Crippen molar-refractivity contribution in [3.8, 4) is 0 Å². The summed E-state index contributed by atoms with van der Waals surface area (Å²) in [7, 11) is 0. The maximum atomic E-state index is 3.70. The van der Waals surface area contributed by atoms with Crippen LogP contribution in [0.5, 0.6) is 0 Å². The summed E-state index contributed by atoms with van der Waals surface area (Å²) in [5.41, 5.74) is 1.55. The number of hydrogen-bond donors (Lipinski definition) is 1. The van der Waals surface area contributed by atoms with Gasteiger partial charge in [0.25, 0.3) is 0 Å². The van der Waals surface area contributed by atoms with E-state index >= 15 is 0 Å². The van der Waals surface area contributed by atoms with E-state index in [4.69, 9.17) is 0 Å². The molecule has 1 aliphatic carbocycles. The SMILES string of the molecule is CCC1(C)C=CC2C=CC(C)=CC2N1. The zero-order chi connectivity index (χ0) is 10.2. The first-order valence-corrected chi connectivity index (χ1v) is 5.47. The van der Waals surface area contributed by atoms with Gasteiger partial charge in [0.1, 0.15) is 0 Å². The van der Waals surface area contributed by atoms with Gasteiger partial charge in [0, 0.05) is 17.5 Å². The van der Waals surface area contributed by atoms with Gasteiger partial charge in [-0.2, -0.15) is 0 Å². The molecule has 2 aliphatic rings. The Balaban J connectivity index is 2.23. The molecule has 1 heteroatoms. The first-order chi connectivity index (χ1) is 6.63. The number of nitrogens with one attached hydrogen (secondary N) is 1. The molecule has 3 atom stereocenters. The molecule has 0 spiro atoms. The Morgan fingerprint density at radius 3 is 2.93 bits per heavy atom. The van der Waals surface area contributed by atoms with Crippen LogP contribution in [-0.2, 0) is 0 Å². The number of rotatable bonds is 1. The van der Waals surface area contributed by atoms with E-state index in [-0.39, 0.29) is 5.54 Å². The van der Waals surface area contributed by atoms with Crippen LogP contribution >= 0.6 is 0 Å². The van der Waals surface area contributed by atoms with Crippen molar-refractivity contribution in [2.75, 3.05) is 0 Å². The summed E-state index contributed by atoms with van der Waals surface area (Å²) in [6.07, 6.45) is 12.6. The molecule has 2 rings (SSSR count). The summed E-state index contributed by atoms with van der Waals surface area (Å²) in [5, 5.41) is 3.70. The van der Waals surface area contributed by atoms with Crippen LogP contribution in [0.15, 0.2) is 36.0 Å². The minimum absolute atomic E-state index is 0.184. The highest BCUT2D eigenvalue weighted by Gasteiger charge is 2.30. The average molecular weight is 189 g/mol. The summed E-state index contributed by atoms with van der Waals surface area (Å²) < 4.78 is 0. The van der Waals surface area contributed by atoms with Gasteiger partial charge in [0.2, 0.25) is 0 Å². The highest BCUT2D eigenvalue weighted by atomic mass is 15.0. The van der Waals surface area contributed by atoms with Crippen LogP contribution in [0, 0.1) is 5.92 Å². The number of hydrogen-bond acceptors (Lipinski definition) is 1. The smallest absolute Gasteiger partial charge is 0.0361 e. The van der Waals surface area contributed by atoms with Crippen molar-refractivity contribution in [1.29, 1.82) is 0 Å². The van der Waals surface area contributed by atoms with Gasteiger partial charge < -0.3 is 5.32 Å². The fourth-order valence-corrected chi connectivity index (χ4v) is 2.13. The third-order valence-corrected chi connectivity index (χ3v) is 3.36. The van der Waals surface area contributed by atoms with Gasteiger partial charge in [-0.3, -0.25) is 0 Å². The molecule has 0 saturated carbocycles. The largest absolute Gasteiger partial charge is 0.301 e. The Bertz CT molecular complexity index is 311. The molecule has 1 aliphatic heterocycles. The topological polar surface area (TPSA) is 12.0 Å². The van der Waals surface area contributed by atoms with Gasteiger partial charge in [0.05, 0.1) is 0 Å². The van der Waals surface area contributed by atoms with E-state index < -0.39 is 0 Å². The van der Waals surface area contributed by atoms with Crippen LogP contribution in [0.4, 0.5) is 0 Å². The van der Waals surface area contributed by atoms with Crippen LogP contribution < -0.4 is 5.32 Å². The monoisotopic (exact) mass is 189 g/mol. The molecular weight excluding hydrogens is 170 g/mol. The third kappa shape index (κ3) is 1.69. The van der Waals surface area contributed by atoms with Gasteiger partial charge in [-0.1, -0.05) is 42.9 Å². The van der Waals surface area contributed by atoms with Crippen molar-refractivity contribution in [3.63, 3.8) is 0 Å². The van der Waals surface area contributed by atoms with Crippen LogP contribution in [0.3, 0.4) is 0 Å². The second-order valence-corrected chi connectivity index (χ2v) is 4.65. The lowest BCUT2D eigenvalue weighted by atomic mass is 9.83. The maximum Gasteiger partial charge on any atom is 0.0361 e. The zero-order valence-electron chi connectivity index (χ0n) is 9.25. The van der Waals surface area contributed by atoms with Crippen molar-refractivity contribution in [1.82, 2.24) is 5.32 Å². The zero-order valence-corrected chi connectivity index (χ0v) is 9.25. The van der Waals surface area contributed by atoms with Crippen LogP contribution in [0.1, 0.15) is 27.2 Å². The third-order valence-electron chi connectivity index (χ3n) is 3.36. The lowest BCUT2D eigenvalue weighted by Gasteiger charge is -2.38. The first-order valence-electron chi connectivity index (χ1n) is 5.47. The Hall–Kier alpha value is -0.820. The van der Waals surface area contributed by atoms with Crippen molar-refractivity contribution in [2.24, 2.45) is 5.92 Å². The highest BCUT2D eigenvalue weighted by molar-refractivity contribution is 5.32. The molecule has 0 aromatic carbocycles. The molecule has 14 heavy (non-hydrogen) atoms. The fraction of sp³-hybridized carbons (Fsp3) is 0.538. The summed E-state index contributed by atoms with van der Waals surface area (Å²) in [6, 6.07) is 0.495. The van der Waals surface area contributed by atoms with Crippen LogP contribution in [-0.4, -0.2) is 11.6 Å². The molecule has 0 radical (unpaired) electrons. The molecule has 0 fully saturated rings. The van der Waals surface area contributed by atoms with E-state index in [1.807, 2.05) is 0 Å². The van der Waals surface area contributed by atoms with E-state index in [9.17, 15) is 0 Å². The molecule has 3 unspecified atom stereocenters. The second-order valence-electron chi connectivity index (χ2n) is 4.65. The van der Waals surface area contributed by atoms with Crippen LogP contribution in [0.2, 0.25) is 0 Å². The molecule has 76 valence electrons. The Morgan fingerprint density at radius 1 is 1.43 bits per heavy atom. The quantitative estimate of drug-likeness (QED) is 0.625. The minimum Gasteiger partial charge on any atom is -0.301 e. The van der Waals surface area contributed by atoms with Crippen molar-refractivity contribution in [2.45, 2.75) is 38.8 Å². The van der Waals surface area contributed by atoms with Gasteiger partial charge in [-0.05, 0) is 20.3 Å². The molecule has 0 bridgehead atoms. The van der Waals surface area contributed by atoms with Gasteiger partial charge in [0.15, 0.2) is 0 Å². The fourth-order valence-electron chi connectivity index (χ4n) is 2.13. The predicted octanol–water partition coefficient (Wildman–Crippen LogP) is 2.82. The highest BCUT2D eigenvalue weighted by Crippen LogP contribution is 2.27. The van der Waals surface area contributed by atoms with Gasteiger partial charge in [-0.25, -0.2) is 0 Å². The summed E-state index contributed by atoms with van der Waals surface area (Å²) >= 11 is 0. The summed E-state index contributed by atoms with van der Waals surface area (Å²) in [5.74, 6) is 0.554. The van der Waals surface area contributed by atoms with Crippen molar-refractivity contribution >= 4 is 0 Å². The predicted molar refractivity (Wildman–Crippen MR) is 61.1 cm³/mol. The Labute approximate surface area is 86.6 Å². The number of fused-ring (bicyclic) bond motifs is 1. The van der Waals surface area contributed by atoms with Gasteiger partial charge >= 0.3 is 0 Å². The normalized spacial score (nSPS) is 40.6. The molecular formula is C13H19N. The van der Waals surface area contributed by atoms with E-state index in [0.717, 1.165) is 6.42 Å². The maximum absolute atomic E-state index is 3.70. The summed E-state index contributed by atoms with van der Waals surface area (Å²) in [6.45, 7) is 6.66. The van der Waals surface area contributed by atoms with Gasteiger partial charge in [-0.15, -0.1) is 0 Å². The van der Waals surface area contributed by atoms with Crippen molar-refractivity contribution in [3.05, 3.63) is 36.0 Å². The molecule has 0 amide bonds. The van der Waals surface area contributed by atoms with E-state index in [1.165, 1.54) is 5.57 Å². The lowest BCUT2D eigenvalue weighted by Crippen LogP contribution is -2.51. The van der Waals surface area contributed by atoms with Crippen LogP contribution in [0.25, 0.3) is 0 Å². The molecule has 0 aromatic rings. The minimum atomic E-state index is 0.184. The van der Waals surface area contributed by atoms with E-state index in [0.29, 0.717) is 12.0 Å². The summed E-state index contributed by atoms with van der Waals surface area (Å²) in [4.78, 5) is 0. The first kappa shape index (κ1) is 9.72. The standard InChI is InChI=1S/C13H19N/c1-4-13(3)8-7-11-6-5-10(2)9-12(11)14-13/h5-9,11-12,14H,4H2,1-3H3. The molecule has 1 heterocycles. The second kappa shape index (κ2) is 3.39. The lowest BCUT2D eigenvalue weighted by molar-refractivity contribution is 0.344. The van der Waals surface area contributed by atoms with Crippen molar-refractivity contribution < 1.29 is 0 Å². The number of allylic oxidation sites excluding steroid dienone is 2. The molecule has 1 nitrogen and oxygen atoms in total. The van der Waals surface area contributed by atoms with E-state index in [2.05, 4.69) is 56.5 Å².